The molecule has 4 aliphatic rings. The molecule has 0 aromatic heterocycles. The number of thioether (sulfide) groups is 1. The standard InChI is InChI=1S/C55H74N2O9S/c1-5-7-8-9-10-11-12-13-14-21-52(60)57(37-39-22-28-49-50(33-39)63-38-62-49)51-36-47(56-61-3)45-34-40(19-15-17-30-58)44(20-16-18-31-59)53-46-35-42(65-41-23-26-43(67-4)27-24-41)25-29-48(46)66-55(51,54(45)53)64-32-6-2/h6,22-29,33-35,40,44,51,53-54,58-59H,2,5,7-21,30-32,36-38H2,1,3-4H3. The lowest BCUT2D eigenvalue weighted by atomic mass is 9.55. The molecule has 0 spiro atoms. The van der Waals surface area contributed by atoms with Gasteiger partial charge in [0.1, 0.15) is 30.4 Å². The van der Waals surface area contributed by atoms with Gasteiger partial charge in [0.15, 0.2) is 11.5 Å². The molecule has 6 unspecified atom stereocenters. The van der Waals surface area contributed by atoms with Crippen LogP contribution in [0.25, 0.3) is 0 Å². The minimum absolute atomic E-state index is 0.0239. The molecule has 7 rings (SSSR count). The highest BCUT2D eigenvalue weighted by atomic mass is 32.2. The first-order valence-electron chi connectivity index (χ1n) is 25.0. The van der Waals surface area contributed by atoms with Crippen molar-refractivity contribution in [3.8, 4) is 28.7 Å². The number of aliphatic hydroxyl groups is 2. The summed E-state index contributed by atoms with van der Waals surface area (Å²) in [6.07, 6.45) is 22.0. The van der Waals surface area contributed by atoms with Crippen molar-refractivity contribution in [1.82, 2.24) is 4.90 Å². The Morgan fingerprint density at radius 2 is 1.57 bits per heavy atom. The SMILES string of the molecule is C=CCOC12Oc3ccc(Oc4ccc(SC)cc4)cc3C3C(CCCCO)C(CCCCO)C=C(C(=NOC)CC1N(Cc1ccc4c(c1)OCO4)C(=O)CCCCCCCCCCC)C32. The maximum Gasteiger partial charge on any atom is 0.239 e. The monoisotopic (exact) mass is 939 g/mol. The van der Waals surface area contributed by atoms with Crippen LogP contribution in [-0.2, 0) is 20.9 Å². The fourth-order valence-corrected chi connectivity index (χ4v) is 11.3. The van der Waals surface area contributed by atoms with Gasteiger partial charge < -0.3 is 43.6 Å². The Labute approximate surface area is 403 Å². The minimum Gasteiger partial charge on any atom is -0.459 e. The first kappa shape index (κ1) is 50.4. The maximum atomic E-state index is 15.2. The highest BCUT2D eigenvalue weighted by molar-refractivity contribution is 7.98. The van der Waals surface area contributed by atoms with Crippen molar-refractivity contribution in [1.29, 1.82) is 0 Å². The van der Waals surface area contributed by atoms with E-state index in [4.69, 9.17) is 33.7 Å². The molecule has 6 atom stereocenters. The van der Waals surface area contributed by atoms with E-state index in [1.54, 1.807) is 24.9 Å². The molecule has 2 aliphatic heterocycles. The van der Waals surface area contributed by atoms with E-state index in [1.807, 2.05) is 47.4 Å². The number of hydrogen-bond donors (Lipinski definition) is 2. The third-order valence-electron chi connectivity index (χ3n) is 14.1. The number of allylic oxidation sites excluding steroid dienone is 1. The summed E-state index contributed by atoms with van der Waals surface area (Å²) in [7, 11) is 1.58. The molecule has 12 heteroatoms. The van der Waals surface area contributed by atoms with Crippen LogP contribution in [0.3, 0.4) is 0 Å². The first-order chi connectivity index (χ1) is 32.9. The number of amides is 1. The largest absolute Gasteiger partial charge is 0.459 e. The highest BCUT2D eigenvalue weighted by Gasteiger charge is 2.65. The van der Waals surface area contributed by atoms with Crippen LogP contribution in [0.15, 0.2) is 95.0 Å². The van der Waals surface area contributed by atoms with Crippen LogP contribution in [0.5, 0.6) is 28.7 Å². The number of fused-ring (bicyclic) bond motifs is 3. The number of hydrogen-bond acceptors (Lipinski definition) is 11. The molecule has 2 aliphatic carbocycles. The molecular formula is C55H74N2O9S. The Morgan fingerprint density at radius 3 is 2.28 bits per heavy atom. The van der Waals surface area contributed by atoms with Gasteiger partial charge in [-0.25, -0.2) is 0 Å². The number of oxime groups is 1. The van der Waals surface area contributed by atoms with Crippen LogP contribution >= 0.6 is 11.8 Å². The molecule has 3 aromatic rings. The average molecular weight is 939 g/mol. The van der Waals surface area contributed by atoms with Gasteiger partial charge in [0.25, 0.3) is 0 Å². The number of nitrogens with zero attached hydrogens (tertiary/aromatic N) is 2. The molecule has 0 saturated heterocycles. The van der Waals surface area contributed by atoms with Gasteiger partial charge in [0.2, 0.25) is 18.5 Å². The molecule has 2 heterocycles. The van der Waals surface area contributed by atoms with E-state index in [0.717, 1.165) is 78.0 Å². The van der Waals surface area contributed by atoms with E-state index in [2.05, 4.69) is 44.0 Å². The zero-order valence-corrected chi connectivity index (χ0v) is 40.9. The lowest BCUT2D eigenvalue weighted by Crippen LogP contribution is -2.70. The number of carbonyl (C=O) groups is 1. The number of unbranched alkanes of at least 4 members (excludes halogenated alkanes) is 10. The minimum atomic E-state index is -1.36. The molecule has 1 fully saturated rings. The fourth-order valence-electron chi connectivity index (χ4n) is 10.9. The van der Waals surface area contributed by atoms with Gasteiger partial charge >= 0.3 is 0 Å². The summed E-state index contributed by atoms with van der Waals surface area (Å²) >= 11 is 1.69. The van der Waals surface area contributed by atoms with Gasteiger partial charge in [0, 0.05) is 49.0 Å². The Hall–Kier alpha value is -4.49. The van der Waals surface area contributed by atoms with Crippen molar-refractivity contribution in [2.75, 3.05) is 40.0 Å². The van der Waals surface area contributed by atoms with E-state index in [0.29, 0.717) is 48.7 Å². The van der Waals surface area contributed by atoms with Crippen molar-refractivity contribution >= 4 is 23.4 Å². The van der Waals surface area contributed by atoms with Crippen LogP contribution in [0.4, 0.5) is 0 Å². The summed E-state index contributed by atoms with van der Waals surface area (Å²) < 4.78 is 32.9. The van der Waals surface area contributed by atoms with E-state index >= 15 is 4.79 Å². The van der Waals surface area contributed by atoms with Crippen LogP contribution in [-0.4, -0.2) is 78.5 Å². The van der Waals surface area contributed by atoms with Crippen LogP contribution in [0.1, 0.15) is 133 Å². The van der Waals surface area contributed by atoms with Gasteiger partial charge in [-0.3, -0.25) is 4.79 Å². The quantitative estimate of drug-likeness (QED) is 0.0314. The summed E-state index contributed by atoms with van der Waals surface area (Å²) in [4.78, 5) is 24.1. The molecule has 1 saturated carbocycles. The zero-order chi connectivity index (χ0) is 47.0. The van der Waals surface area contributed by atoms with Crippen LogP contribution < -0.4 is 18.9 Å². The molecule has 1 amide bonds. The fraction of sp³-hybridized carbons (Fsp3) is 0.564. The van der Waals surface area contributed by atoms with Gasteiger partial charge in [-0.05, 0) is 116 Å². The predicted octanol–water partition coefficient (Wildman–Crippen LogP) is 12.1. The number of carbonyl (C=O) groups excluding carboxylic acids is 1. The van der Waals surface area contributed by atoms with E-state index in [1.165, 1.54) is 38.5 Å². The molecule has 2 N–H and O–H groups in total. The molecule has 67 heavy (non-hydrogen) atoms. The smallest absolute Gasteiger partial charge is 0.239 e. The Bertz CT molecular complexity index is 2130. The van der Waals surface area contributed by atoms with Gasteiger partial charge in [-0.1, -0.05) is 94.5 Å². The van der Waals surface area contributed by atoms with Crippen LogP contribution in [0.2, 0.25) is 0 Å². The molecular weight excluding hydrogens is 865 g/mol. The predicted molar refractivity (Wildman–Crippen MR) is 265 cm³/mol. The molecule has 364 valence electrons. The van der Waals surface area contributed by atoms with Crippen molar-refractivity contribution in [2.24, 2.45) is 22.9 Å². The summed E-state index contributed by atoms with van der Waals surface area (Å²) in [6.45, 7) is 7.22. The number of aliphatic hydroxyl groups excluding tert-OH is 2. The lowest BCUT2D eigenvalue weighted by Gasteiger charge is -2.60. The number of ether oxygens (including phenoxy) is 5. The zero-order valence-electron chi connectivity index (χ0n) is 40.1. The third kappa shape index (κ3) is 12.2. The summed E-state index contributed by atoms with van der Waals surface area (Å²) in [5.41, 5.74) is 3.68. The Balaban J connectivity index is 1.34. The maximum absolute atomic E-state index is 15.2. The Kier molecular flexibility index (Phi) is 19.0. The van der Waals surface area contributed by atoms with Crippen molar-refractivity contribution in [2.45, 2.75) is 145 Å². The lowest BCUT2D eigenvalue weighted by molar-refractivity contribution is -0.258. The molecule has 0 radical (unpaired) electrons. The average Bonchev–Trinajstić information content (AvgIpc) is 3.82. The second kappa shape index (κ2) is 25.2. The number of rotatable bonds is 28. The third-order valence-corrected chi connectivity index (χ3v) is 14.9. The van der Waals surface area contributed by atoms with Gasteiger partial charge in [-0.2, -0.15) is 0 Å². The molecule has 0 bridgehead atoms. The topological polar surface area (TPSA) is 129 Å². The summed E-state index contributed by atoms with van der Waals surface area (Å²) in [6, 6.07) is 19.5. The molecule has 11 nitrogen and oxygen atoms in total. The van der Waals surface area contributed by atoms with Crippen molar-refractivity contribution in [3.05, 3.63) is 96.1 Å². The Morgan fingerprint density at radius 1 is 0.866 bits per heavy atom. The van der Waals surface area contributed by atoms with E-state index in [9.17, 15) is 10.2 Å². The normalized spacial score (nSPS) is 22.9. The second-order valence-corrected chi connectivity index (χ2v) is 19.4. The van der Waals surface area contributed by atoms with Gasteiger partial charge in [-0.15, -0.1) is 18.3 Å². The van der Waals surface area contributed by atoms with Gasteiger partial charge in [0.05, 0.1) is 18.2 Å². The van der Waals surface area contributed by atoms with Crippen LogP contribution in [0, 0.1) is 17.8 Å². The van der Waals surface area contributed by atoms with Crippen molar-refractivity contribution in [3.63, 3.8) is 0 Å². The summed E-state index contributed by atoms with van der Waals surface area (Å²) in [5.74, 6) is 1.73. The summed E-state index contributed by atoms with van der Waals surface area (Å²) in [5, 5.41) is 24.8. The molecule has 3 aromatic carbocycles. The van der Waals surface area contributed by atoms with Crippen molar-refractivity contribution < 1.29 is 43.5 Å². The first-order valence-corrected chi connectivity index (χ1v) is 26.2. The number of benzene rings is 3. The second-order valence-electron chi connectivity index (χ2n) is 18.5. The highest BCUT2D eigenvalue weighted by Crippen LogP contribution is 2.62. The van der Waals surface area contributed by atoms with E-state index in [-0.39, 0.29) is 56.8 Å². The van der Waals surface area contributed by atoms with E-state index < -0.39 is 17.7 Å².